The quantitative estimate of drug-likeness (QED) is 0.700. The van der Waals surface area contributed by atoms with Gasteiger partial charge in [0.05, 0.1) is 0 Å². The van der Waals surface area contributed by atoms with Gasteiger partial charge in [-0.15, -0.1) is 0 Å². The van der Waals surface area contributed by atoms with Gasteiger partial charge in [-0.1, -0.05) is 60.2 Å². The average Bonchev–Trinajstić information content (AvgIpc) is 2.81. The van der Waals surface area contributed by atoms with Crippen molar-refractivity contribution in [3.63, 3.8) is 0 Å². The first-order chi connectivity index (χ1) is 11.7. The van der Waals surface area contributed by atoms with Crippen LogP contribution in [-0.2, 0) is 13.0 Å². The minimum absolute atomic E-state index is 0.642. The van der Waals surface area contributed by atoms with Gasteiger partial charge in [0.1, 0.15) is 0 Å². The van der Waals surface area contributed by atoms with E-state index in [1.165, 1.54) is 36.0 Å². The summed E-state index contributed by atoms with van der Waals surface area (Å²) in [5.74, 6) is 0. The van der Waals surface area contributed by atoms with Gasteiger partial charge in [-0.05, 0) is 61.8 Å². The van der Waals surface area contributed by atoms with Crippen LogP contribution < -0.4 is 0 Å². The fourth-order valence-corrected chi connectivity index (χ4v) is 4.53. The highest BCUT2D eigenvalue weighted by atomic mass is 15.2. The largest absolute Gasteiger partial charge is 0.289 e. The molecule has 1 nitrogen and oxygen atoms in total. The minimum Gasteiger partial charge on any atom is -0.289 e. The smallest absolute Gasteiger partial charge is 0.0288 e. The van der Waals surface area contributed by atoms with E-state index in [4.69, 9.17) is 0 Å². The van der Waals surface area contributed by atoms with E-state index >= 15 is 0 Å². The van der Waals surface area contributed by atoms with Crippen LogP contribution in [0.15, 0.2) is 60.2 Å². The molecular weight excluding hydrogens is 290 g/mol. The molecule has 1 saturated heterocycles. The Labute approximate surface area is 146 Å². The van der Waals surface area contributed by atoms with Crippen molar-refractivity contribution in [3.8, 4) is 0 Å². The van der Waals surface area contributed by atoms with Crippen LogP contribution in [0.4, 0.5) is 0 Å². The third-order valence-electron chi connectivity index (χ3n) is 5.87. The maximum Gasteiger partial charge on any atom is 0.0288 e. The molecular formula is C23H27N. The van der Waals surface area contributed by atoms with Crippen molar-refractivity contribution < 1.29 is 0 Å². The molecule has 1 fully saturated rings. The van der Waals surface area contributed by atoms with Crippen LogP contribution >= 0.6 is 0 Å². The molecule has 2 heterocycles. The molecule has 124 valence electrons. The van der Waals surface area contributed by atoms with E-state index in [-0.39, 0.29) is 0 Å². The first-order valence-corrected chi connectivity index (χ1v) is 9.25. The van der Waals surface area contributed by atoms with E-state index in [9.17, 15) is 0 Å². The first kappa shape index (κ1) is 15.7. The number of aryl methyl sites for hydroxylation is 2. The molecule has 0 amide bonds. The van der Waals surface area contributed by atoms with E-state index in [0.717, 1.165) is 19.0 Å². The third kappa shape index (κ3) is 3.06. The number of nitrogens with zero attached hydrogens (tertiary/aromatic N) is 1. The van der Waals surface area contributed by atoms with Crippen LogP contribution in [0.3, 0.4) is 0 Å². The molecule has 0 aliphatic carbocycles. The fourth-order valence-electron chi connectivity index (χ4n) is 4.53. The van der Waals surface area contributed by atoms with Crippen molar-refractivity contribution in [2.75, 3.05) is 0 Å². The molecule has 24 heavy (non-hydrogen) atoms. The monoisotopic (exact) mass is 317 g/mol. The molecule has 2 bridgehead atoms. The highest BCUT2D eigenvalue weighted by molar-refractivity contribution is 5.38. The predicted molar refractivity (Wildman–Crippen MR) is 101 cm³/mol. The summed E-state index contributed by atoms with van der Waals surface area (Å²) < 4.78 is 0. The molecule has 4 rings (SSSR count). The molecule has 2 aliphatic rings. The Morgan fingerprint density at radius 1 is 0.917 bits per heavy atom. The molecule has 0 saturated carbocycles. The minimum atomic E-state index is 0.642. The Kier molecular flexibility index (Phi) is 4.28. The van der Waals surface area contributed by atoms with Crippen LogP contribution in [0, 0.1) is 13.8 Å². The van der Waals surface area contributed by atoms with Gasteiger partial charge in [0.25, 0.3) is 0 Å². The molecule has 0 N–H and O–H groups in total. The lowest BCUT2D eigenvalue weighted by atomic mass is 9.91. The van der Waals surface area contributed by atoms with Crippen molar-refractivity contribution in [1.29, 1.82) is 0 Å². The maximum absolute atomic E-state index is 2.73. The lowest BCUT2D eigenvalue weighted by molar-refractivity contribution is 0.194. The fraction of sp³-hybridized carbons (Fsp3) is 0.391. The van der Waals surface area contributed by atoms with Gasteiger partial charge in [0.2, 0.25) is 0 Å². The van der Waals surface area contributed by atoms with Crippen molar-refractivity contribution in [1.82, 2.24) is 4.90 Å². The normalized spacial score (nSPS) is 23.3. The summed E-state index contributed by atoms with van der Waals surface area (Å²) in [6, 6.07) is 19.0. The van der Waals surface area contributed by atoms with Gasteiger partial charge in [0.15, 0.2) is 0 Å². The van der Waals surface area contributed by atoms with Gasteiger partial charge >= 0.3 is 0 Å². The third-order valence-corrected chi connectivity index (χ3v) is 5.87. The standard InChI is InChI=1S/C23H27N/c1-17-7-6-8-18(2)23(17)15-20-13-21-11-12-22(14-20)24(21)16-19-9-4-3-5-10-19/h3-10,13,21-22H,11-12,14-16H2,1-2H3. The van der Waals surface area contributed by atoms with Gasteiger partial charge in [-0.3, -0.25) is 4.90 Å². The molecule has 0 spiro atoms. The summed E-state index contributed by atoms with van der Waals surface area (Å²) in [6.45, 7) is 5.60. The number of hydrogen-bond donors (Lipinski definition) is 0. The number of hydrogen-bond acceptors (Lipinski definition) is 1. The zero-order valence-electron chi connectivity index (χ0n) is 14.8. The summed E-state index contributed by atoms with van der Waals surface area (Å²) in [4.78, 5) is 2.73. The van der Waals surface area contributed by atoms with Gasteiger partial charge in [0, 0.05) is 18.6 Å². The highest BCUT2D eigenvalue weighted by Crippen LogP contribution is 2.37. The highest BCUT2D eigenvalue weighted by Gasteiger charge is 2.36. The zero-order chi connectivity index (χ0) is 16.5. The second kappa shape index (κ2) is 6.57. The number of fused-ring (bicyclic) bond motifs is 2. The molecule has 0 radical (unpaired) electrons. The first-order valence-electron chi connectivity index (χ1n) is 9.25. The van der Waals surface area contributed by atoms with Crippen LogP contribution in [0.5, 0.6) is 0 Å². The lowest BCUT2D eigenvalue weighted by Crippen LogP contribution is -2.38. The summed E-state index contributed by atoms with van der Waals surface area (Å²) >= 11 is 0. The number of rotatable bonds is 4. The van der Waals surface area contributed by atoms with E-state index < -0.39 is 0 Å². The Hall–Kier alpha value is -1.86. The summed E-state index contributed by atoms with van der Waals surface area (Å²) in [5, 5.41) is 0. The summed E-state index contributed by atoms with van der Waals surface area (Å²) in [7, 11) is 0. The Morgan fingerprint density at radius 2 is 1.67 bits per heavy atom. The zero-order valence-corrected chi connectivity index (χ0v) is 14.8. The summed E-state index contributed by atoms with van der Waals surface area (Å²) in [5.41, 5.74) is 7.52. The second-order valence-electron chi connectivity index (χ2n) is 7.53. The van der Waals surface area contributed by atoms with Crippen molar-refractivity contribution in [2.45, 2.75) is 58.2 Å². The molecule has 1 heteroatoms. The van der Waals surface area contributed by atoms with Crippen LogP contribution in [0.25, 0.3) is 0 Å². The predicted octanol–water partition coefficient (Wildman–Crippen LogP) is 5.21. The Morgan fingerprint density at radius 3 is 2.38 bits per heavy atom. The number of benzene rings is 2. The molecule has 2 aromatic rings. The molecule has 2 aromatic carbocycles. The average molecular weight is 317 g/mol. The SMILES string of the molecule is Cc1cccc(C)c1CC1=CC2CCC(C1)N2Cc1ccccc1. The van der Waals surface area contributed by atoms with Gasteiger partial charge in [-0.25, -0.2) is 0 Å². The summed E-state index contributed by atoms with van der Waals surface area (Å²) in [6.07, 6.45) is 7.65. The van der Waals surface area contributed by atoms with Crippen LogP contribution in [0.1, 0.15) is 41.5 Å². The van der Waals surface area contributed by atoms with E-state index in [1.54, 1.807) is 11.1 Å². The Bertz CT molecular complexity index is 724. The Balaban J connectivity index is 1.52. The van der Waals surface area contributed by atoms with E-state index in [0.29, 0.717) is 6.04 Å². The van der Waals surface area contributed by atoms with Crippen molar-refractivity contribution in [3.05, 3.63) is 82.4 Å². The molecule has 2 aliphatic heterocycles. The van der Waals surface area contributed by atoms with Crippen molar-refractivity contribution in [2.24, 2.45) is 0 Å². The molecule has 2 unspecified atom stereocenters. The van der Waals surface area contributed by atoms with Crippen molar-refractivity contribution >= 4 is 0 Å². The van der Waals surface area contributed by atoms with Crippen LogP contribution in [-0.4, -0.2) is 17.0 Å². The maximum atomic E-state index is 2.73. The van der Waals surface area contributed by atoms with Gasteiger partial charge in [-0.2, -0.15) is 0 Å². The van der Waals surface area contributed by atoms with E-state index in [1.807, 2.05) is 0 Å². The van der Waals surface area contributed by atoms with Crippen LogP contribution in [0.2, 0.25) is 0 Å². The van der Waals surface area contributed by atoms with E-state index in [2.05, 4.69) is 73.4 Å². The van der Waals surface area contributed by atoms with Gasteiger partial charge < -0.3 is 0 Å². The molecule has 2 atom stereocenters. The second-order valence-corrected chi connectivity index (χ2v) is 7.53. The lowest BCUT2D eigenvalue weighted by Gasteiger charge is -2.34. The molecule has 0 aromatic heterocycles. The topological polar surface area (TPSA) is 3.24 Å².